The van der Waals surface area contributed by atoms with Crippen LogP contribution in [0.2, 0.25) is 0 Å². The predicted octanol–water partition coefficient (Wildman–Crippen LogP) is 4.53. The second-order valence-electron chi connectivity index (χ2n) is 8.30. The van der Waals surface area contributed by atoms with E-state index in [1.54, 1.807) is 27.7 Å². The summed E-state index contributed by atoms with van der Waals surface area (Å²) < 4.78 is 10.8. The number of ether oxygens (including phenoxy) is 2. The van der Waals surface area contributed by atoms with Gasteiger partial charge in [0.1, 0.15) is 24.7 Å². The van der Waals surface area contributed by atoms with Crippen molar-refractivity contribution in [1.29, 1.82) is 0 Å². The highest BCUT2D eigenvalue weighted by Gasteiger charge is 2.11. The van der Waals surface area contributed by atoms with Crippen molar-refractivity contribution in [2.75, 3.05) is 13.2 Å². The van der Waals surface area contributed by atoms with Crippen LogP contribution in [0.15, 0.2) is 24.3 Å². The highest BCUT2D eigenvalue weighted by molar-refractivity contribution is 5.97. The number of hydrogen-bond acceptors (Lipinski definition) is 6. The lowest BCUT2D eigenvalue weighted by atomic mass is 9.99. The summed E-state index contributed by atoms with van der Waals surface area (Å²) in [7, 11) is 0. The van der Waals surface area contributed by atoms with Gasteiger partial charge in [-0.15, -0.1) is 0 Å². The van der Waals surface area contributed by atoms with Crippen LogP contribution in [0.1, 0.15) is 70.7 Å². The highest BCUT2D eigenvalue weighted by Crippen LogP contribution is 2.23. The number of hydrogen-bond donors (Lipinski definition) is 2. The zero-order valence-corrected chi connectivity index (χ0v) is 20.4. The number of Topliss-reactive ketones (excluding diaryl/α,β-unsaturated/α-hetero) is 2. The number of carbonyl (C=O) groups excluding carboxylic acids is 2. The minimum absolute atomic E-state index is 0.0667. The first-order valence-corrected chi connectivity index (χ1v) is 10.7. The third-order valence-electron chi connectivity index (χ3n) is 4.70. The molecule has 2 unspecified atom stereocenters. The summed E-state index contributed by atoms with van der Waals surface area (Å²) in [5.41, 5.74) is 5.15. The number of aryl methyl sites for hydroxylation is 4. The van der Waals surface area contributed by atoms with E-state index in [0.29, 0.717) is 11.5 Å². The van der Waals surface area contributed by atoms with E-state index in [2.05, 4.69) is 0 Å². The van der Waals surface area contributed by atoms with Crippen molar-refractivity contribution >= 4 is 11.6 Å². The molecule has 0 radical (unpaired) electrons. The second-order valence-corrected chi connectivity index (χ2v) is 8.30. The van der Waals surface area contributed by atoms with Gasteiger partial charge in [-0.2, -0.15) is 0 Å². The highest BCUT2D eigenvalue weighted by atomic mass is 16.5. The summed E-state index contributed by atoms with van der Waals surface area (Å²) in [5.74, 6) is 1.52. The Labute approximate surface area is 191 Å². The first kappa shape index (κ1) is 27.3. The molecule has 0 heterocycles. The molecule has 0 fully saturated rings. The summed E-state index contributed by atoms with van der Waals surface area (Å²) in [6, 6.07) is 7.30. The smallest absolute Gasteiger partial charge is 0.160 e. The molecule has 0 amide bonds. The molecule has 2 aromatic carbocycles. The second kappa shape index (κ2) is 12.4. The molecule has 0 saturated heterocycles. The Morgan fingerprint density at radius 1 is 0.688 bits per heavy atom. The van der Waals surface area contributed by atoms with Crippen LogP contribution in [0.5, 0.6) is 11.5 Å². The molecular weight excluding hydrogens is 408 g/mol. The molecule has 0 aliphatic carbocycles. The monoisotopic (exact) mass is 444 g/mol. The van der Waals surface area contributed by atoms with Gasteiger partial charge < -0.3 is 19.7 Å². The maximum absolute atomic E-state index is 11.4. The molecule has 176 valence electrons. The maximum atomic E-state index is 11.4. The van der Waals surface area contributed by atoms with Crippen molar-refractivity contribution in [2.24, 2.45) is 0 Å². The Kier molecular flexibility index (Phi) is 10.6. The van der Waals surface area contributed by atoms with Gasteiger partial charge >= 0.3 is 0 Å². The Balaban J connectivity index is 0.000000320. The summed E-state index contributed by atoms with van der Waals surface area (Å²) in [5, 5.41) is 18.2. The zero-order valence-electron chi connectivity index (χ0n) is 20.4. The Morgan fingerprint density at radius 2 is 0.938 bits per heavy atom. The summed E-state index contributed by atoms with van der Waals surface area (Å²) in [6.07, 6.45) is -0.985. The average Bonchev–Trinajstić information content (AvgIpc) is 2.63. The van der Waals surface area contributed by atoms with Crippen molar-refractivity contribution in [3.05, 3.63) is 57.6 Å². The van der Waals surface area contributed by atoms with Crippen LogP contribution >= 0.6 is 0 Å². The third kappa shape index (κ3) is 8.44. The quantitative estimate of drug-likeness (QED) is 0.581. The third-order valence-corrected chi connectivity index (χ3v) is 4.70. The fourth-order valence-electron chi connectivity index (χ4n) is 3.56. The molecule has 2 N–H and O–H groups in total. The number of carbonyl (C=O) groups is 2. The summed E-state index contributed by atoms with van der Waals surface area (Å²) in [4.78, 5) is 22.8. The lowest BCUT2D eigenvalue weighted by molar-refractivity contribution is 0.100. The molecule has 6 nitrogen and oxygen atoms in total. The van der Waals surface area contributed by atoms with Crippen molar-refractivity contribution in [1.82, 2.24) is 0 Å². The van der Waals surface area contributed by atoms with Crippen LogP contribution in [-0.4, -0.2) is 47.2 Å². The number of rotatable bonds is 8. The number of ketones is 2. The van der Waals surface area contributed by atoms with E-state index < -0.39 is 12.2 Å². The van der Waals surface area contributed by atoms with Crippen molar-refractivity contribution in [2.45, 2.75) is 67.6 Å². The first-order valence-electron chi connectivity index (χ1n) is 10.7. The fourth-order valence-corrected chi connectivity index (χ4v) is 3.56. The van der Waals surface area contributed by atoms with Crippen LogP contribution in [0, 0.1) is 27.7 Å². The Morgan fingerprint density at radius 3 is 1.12 bits per heavy atom. The van der Waals surface area contributed by atoms with E-state index in [1.807, 2.05) is 52.0 Å². The molecule has 32 heavy (non-hydrogen) atoms. The molecule has 0 saturated carbocycles. The summed E-state index contributed by atoms with van der Waals surface area (Å²) in [6.45, 7) is 14.5. The minimum Gasteiger partial charge on any atom is -0.491 e. The Bertz CT molecular complexity index is 820. The molecule has 0 aromatic heterocycles. The van der Waals surface area contributed by atoms with E-state index in [4.69, 9.17) is 19.7 Å². The largest absolute Gasteiger partial charge is 0.491 e. The molecule has 2 rings (SSSR count). The van der Waals surface area contributed by atoms with Gasteiger partial charge in [0.2, 0.25) is 0 Å². The van der Waals surface area contributed by atoms with Gasteiger partial charge in [-0.1, -0.05) is 0 Å². The molecule has 6 heteroatoms. The predicted molar refractivity (Wildman–Crippen MR) is 126 cm³/mol. The zero-order chi connectivity index (χ0) is 24.6. The van der Waals surface area contributed by atoms with E-state index >= 15 is 0 Å². The minimum atomic E-state index is -0.493. The molecule has 0 aliphatic heterocycles. The molecule has 2 atom stereocenters. The van der Waals surface area contributed by atoms with E-state index in [9.17, 15) is 9.59 Å². The van der Waals surface area contributed by atoms with Gasteiger partial charge in [0.05, 0.1) is 12.2 Å². The Hall–Kier alpha value is -2.70. The van der Waals surface area contributed by atoms with Crippen LogP contribution in [0.25, 0.3) is 0 Å². The number of aliphatic hydroxyl groups is 2. The van der Waals surface area contributed by atoms with Gasteiger partial charge in [0.15, 0.2) is 11.6 Å². The number of aliphatic hydroxyl groups excluding tert-OH is 2. The van der Waals surface area contributed by atoms with Gasteiger partial charge in [-0.3, -0.25) is 9.59 Å². The maximum Gasteiger partial charge on any atom is 0.160 e. The van der Waals surface area contributed by atoms with Crippen molar-refractivity contribution < 1.29 is 29.3 Å². The van der Waals surface area contributed by atoms with Crippen molar-refractivity contribution in [3.8, 4) is 11.5 Å². The topological polar surface area (TPSA) is 93.1 Å². The van der Waals surface area contributed by atoms with Gasteiger partial charge in [-0.25, -0.2) is 0 Å². The lowest BCUT2D eigenvalue weighted by Crippen LogP contribution is -2.13. The van der Waals surface area contributed by atoms with E-state index in [-0.39, 0.29) is 24.8 Å². The van der Waals surface area contributed by atoms with Gasteiger partial charge in [0.25, 0.3) is 0 Å². The van der Waals surface area contributed by atoms with Gasteiger partial charge in [0, 0.05) is 11.1 Å². The normalized spacial score (nSPS) is 12.3. The molecule has 0 spiro atoms. The lowest BCUT2D eigenvalue weighted by Gasteiger charge is -2.12. The average molecular weight is 445 g/mol. The van der Waals surface area contributed by atoms with Crippen LogP contribution in [0.3, 0.4) is 0 Å². The molecule has 0 aliphatic rings. The van der Waals surface area contributed by atoms with Crippen LogP contribution in [-0.2, 0) is 0 Å². The van der Waals surface area contributed by atoms with Crippen LogP contribution in [0.4, 0.5) is 0 Å². The van der Waals surface area contributed by atoms with Crippen molar-refractivity contribution in [3.63, 3.8) is 0 Å². The summed E-state index contributed by atoms with van der Waals surface area (Å²) >= 11 is 0. The van der Waals surface area contributed by atoms with E-state index in [0.717, 1.165) is 33.4 Å². The molecule has 2 aromatic rings. The SMILES string of the molecule is CC(=O)c1c(C)cc(OCC(C)O)cc1C.CC(=O)c1c(C)cc(OCC(C)O)cc1C. The standard InChI is InChI=1S/2C13H18O3/c2*1-8-5-12(16-7-10(3)14)6-9(2)13(8)11(4)15/h2*5-6,10,14H,7H2,1-4H3. The fraction of sp³-hybridized carbons (Fsp3) is 0.462. The van der Waals surface area contributed by atoms with Gasteiger partial charge in [-0.05, 0) is 102 Å². The molecule has 0 bridgehead atoms. The number of benzene rings is 2. The van der Waals surface area contributed by atoms with E-state index in [1.165, 1.54) is 0 Å². The first-order chi connectivity index (χ1) is 14.8. The van der Waals surface area contributed by atoms with Crippen LogP contribution < -0.4 is 9.47 Å². The molecular formula is C26H36O6.